The molecule has 0 saturated carbocycles. The number of aliphatic hydroxyl groups is 1. The largest absolute Gasteiger partial charge is 0.396 e. The second kappa shape index (κ2) is 6.70. The van der Waals surface area contributed by atoms with E-state index >= 15 is 0 Å². The van der Waals surface area contributed by atoms with Gasteiger partial charge in [-0.2, -0.15) is 5.26 Å². The zero-order valence-corrected chi connectivity index (χ0v) is 10.6. The maximum Gasteiger partial charge on any atom is 0.183 e. The molecule has 0 aliphatic carbocycles. The minimum absolute atomic E-state index is 0.0130. The minimum atomic E-state index is -0.0130. The molecule has 0 bridgehead atoms. The molecule has 15 heavy (non-hydrogen) atoms. The molecule has 0 fully saturated rings. The Morgan fingerprint density at radius 2 is 2.20 bits per heavy atom. The fourth-order valence-corrected chi connectivity index (χ4v) is 1.52. The Hall–Kier alpha value is -0.730. The van der Waals surface area contributed by atoms with E-state index in [4.69, 9.17) is 10.4 Å². The molecule has 4 nitrogen and oxygen atoms in total. The van der Waals surface area contributed by atoms with Crippen molar-refractivity contribution in [2.24, 2.45) is 10.4 Å². The highest BCUT2D eigenvalue weighted by molar-refractivity contribution is 8.13. The molecular weight excluding hydrogens is 210 g/mol. The first-order chi connectivity index (χ1) is 6.95. The molecule has 1 atom stereocenters. The zero-order valence-electron chi connectivity index (χ0n) is 9.74. The first-order valence-corrected chi connectivity index (χ1v) is 6.06. The Bertz CT molecular complexity index is 252. The van der Waals surface area contributed by atoms with Crippen LogP contribution in [-0.4, -0.2) is 29.2 Å². The lowest BCUT2D eigenvalue weighted by molar-refractivity contribution is 0.226. The second-order valence-electron chi connectivity index (χ2n) is 4.27. The van der Waals surface area contributed by atoms with Crippen LogP contribution in [-0.2, 0) is 0 Å². The third kappa shape index (κ3) is 5.65. The summed E-state index contributed by atoms with van der Waals surface area (Å²) in [6, 6.07) is 0.0193. The maximum atomic E-state index is 8.95. The molecule has 0 aromatic rings. The normalized spacial score (nSPS) is 14.5. The van der Waals surface area contributed by atoms with E-state index in [-0.39, 0.29) is 18.1 Å². The molecule has 0 radical (unpaired) electrons. The maximum absolute atomic E-state index is 8.95. The Balaban J connectivity index is 4.70. The lowest BCUT2D eigenvalue weighted by Crippen LogP contribution is -2.28. The van der Waals surface area contributed by atoms with Gasteiger partial charge < -0.3 is 5.11 Å². The van der Waals surface area contributed by atoms with Crippen molar-refractivity contribution in [3.63, 3.8) is 0 Å². The van der Waals surface area contributed by atoms with Crippen LogP contribution in [0.2, 0.25) is 0 Å². The topological polar surface area (TPSA) is 68.4 Å². The van der Waals surface area contributed by atoms with Crippen LogP contribution >= 0.6 is 11.8 Å². The predicted octanol–water partition coefficient (Wildman–Crippen LogP) is 1.57. The molecule has 1 unspecified atom stereocenters. The van der Waals surface area contributed by atoms with Gasteiger partial charge in [0.25, 0.3) is 0 Å². The van der Waals surface area contributed by atoms with Gasteiger partial charge in [0.1, 0.15) is 0 Å². The summed E-state index contributed by atoms with van der Waals surface area (Å²) in [5.74, 6) is 0. The monoisotopic (exact) mass is 229 g/mol. The number of amidine groups is 1. The molecule has 0 aromatic heterocycles. The quantitative estimate of drug-likeness (QED) is 0.333. The smallest absolute Gasteiger partial charge is 0.183 e. The van der Waals surface area contributed by atoms with Gasteiger partial charge in [-0.1, -0.05) is 32.5 Å². The highest BCUT2D eigenvalue weighted by atomic mass is 32.2. The van der Waals surface area contributed by atoms with Gasteiger partial charge >= 0.3 is 0 Å². The number of aliphatic imine (C=N–C) groups is 1. The number of aliphatic hydroxyl groups excluding tert-OH is 1. The van der Waals surface area contributed by atoms with Crippen molar-refractivity contribution in [1.82, 2.24) is 5.32 Å². The van der Waals surface area contributed by atoms with Crippen molar-refractivity contribution in [3.05, 3.63) is 0 Å². The number of rotatable bonds is 3. The van der Waals surface area contributed by atoms with Gasteiger partial charge in [-0.25, -0.2) is 0 Å². The van der Waals surface area contributed by atoms with E-state index in [2.05, 4.69) is 31.1 Å². The summed E-state index contributed by atoms with van der Waals surface area (Å²) < 4.78 is 0. The summed E-state index contributed by atoms with van der Waals surface area (Å²) in [6.45, 7) is 6.32. The van der Waals surface area contributed by atoms with Crippen molar-refractivity contribution in [3.8, 4) is 6.19 Å². The molecule has 0 aliphatic rings. The van der Waals surface area contributed by atoms with E-state index in [1.165, 1.54) is 11.8 Å². The predicted molar refractivity (Wildman–Crippen MR) is 64.6 cm³/mol. The molecule has 2 N–H and O–H groups in total. The standard InChI is InChI=1S/C10H19N3OS/c1-10(2,3)8(5-6-14)13-9(15-4)12-7-11/h8,14H,5-6H2,1-4H3,(H,12,13). The highest BCUT2D eigenvalue weighted by Gasteiger charge is 2.23. The average Bonchev–Trinajstić information content (AvgIpc) is 2.14. The van der Waals surface area contributed by atoms with E-state index in [0.29, 0.717) is 11.6 Å². The Kier molecular flexibility index (Phi) is 6.37. The van der Waals surface area contributed by atoms with Gasteiger partial charge in [0, 0.05) is 6.61 Å². The molecule has 0 heterocycles. The lowest BCUT2D eigenvalue weighted by atomic mass is 9.85. The van der Waals surface area contributed by atoms with E-state index in [1.807, 2.05) is 12.4 Å². The Labute approximate surface area is 95.8 Å². The van der Waals surface area contributed by atoms with Crippen molar-refractivity contribution >= 4 is 16.9 Å². The van der Waals surface area contributed by atoms with Crippen LogP contribution < -0.4 is 5.32 Å². The van der Waals surface area contributed by atoms with Crippen molar-refractivity contribution in [2.75, 3.05) is 12.9 Å². The number of hydrogen-bond donors (Lipinski definition) is 2. The summed E-state index contributed by atoms with van der Waals surface area (Å²) in [5.41, 5.74) is -0.0130. The number of nitrogens with zero attached hydrogens (tertiary/aromatic N) is 2. The van der Waals surface area contributed by atoms with Crippen molar-refractivity contribution in [1.29, 1.82) is 5.26 Å². The van der Waals surface area contributed by atoms with Gasteiger partial charge in [0.05, 0.1) is 6.04 Å². The van der Waals surface area contributed by atoms with Crippen LogP contribution in [0, 0.1) is 16.9 Å². The summed E-state index contributed by atoms with van der Waals surface area (Å²) >= 11 is 1.40. The number of nitriles is 1. The van der Waals surface area contributed by atoms with Crippen LogP contribution in [0.1, 0.15) is 27.2 Å². The molecule has 86 valence electrons. The fraction of sp³-hybridized carbons (Fsp3) is 0.800. The summed E-state index contributed by atoms with van der Waals surface area (Å²) in [5, 5.41) is 20.6. The summed E-state index contributed by atoms with van der Waals surface area (Å²) in [4.78, 5) is 4.43. The fourth-order valence-electron chi connectivity index (χ4n) is 1.14. The van der Waals surface area contributed by atoms with Gasteiger partial charge in [0.2, 0.25) is 0 Å². The van der Waals surface area contributed by atoms with Gasteiger partial charge in [0.15, 0.2) is 11.4 Å². The Morgan fingerprint density at radius 1 is 1.60 bits per heavy atom. The van der Waals surface area contributed by atoms with Gasteiger partial charge in [-0.3, -0.25) is 10.3 Å². The second-order valence-corrected chi connectivity index (χ2v) is 5.06. The molecule has 0 spiro atoms. The van der Waals surface area contributed by atoms with Crippen LogP contribution in [0.25, 0.3) is 0 Å². The van der Waals surface area contributed by atoms with Crippen LogP contribution in [0.3, 0.4) is 0 Å². The van der Waals surface area contributed by atoms with Crippen molar-refractivity contribution < 1.29 is 5.11 Å². The van der Waals surface area contributed by atoms with E-state index in [9.17, 15) is 0 Å². The number of nitrogens with one attached hydrogen (secondary N) is 1. The van der Waals surface area contributed by atoms with E-state index in [1.54, 1.807) is 0 Å². The molecule has 0 aliphatic heterocycles. The third-order valence-corrected chi connectivity index (χ3v) is 2.63. The third-order valence-electron chi connectivity index (χ3n) is 2.03. The average molecular weight is 229 g/mol. The highest BCUT2D eigenvalue weighted by Crippen LogP contribution is 2.25. The summed E-state index contributed by atoms with van der Waals surface area (Å²) in [7, 11) is 0. The van der Waals surface area contributed by atoms with Gasteiger partial charge in [-0.15, -0.1) is 0 Å². The SMILES string of the molecule is CSC(=NC(CCO)C(C)(C)C)NC#N. The van der Waals surface area contributed by atoms with Crippen LogP contribution in [0.5, 0.6) is 0 Å². The molecule has 0 amide bonds. The van der Waals surface area contributed by atoms with Gasteiger partial charge in [-0.05, 0) is 18.1 Å². The zero-order chi connectivity index (χ0) is 11.9. The van der Waals surface area contributed by atoms with Crippen molar-refractivity contribution in [2.45, 2.75) is 33.2 Å². The molecule has 0 saturated heterocycles. The van der Waals surface area contributed by atoms with E-state index in [0.717, 1.165) is 0 Å². The number of thioether (sulfide) groups is 1. The minimum Gasteiger partial charge on any atom is -0.396 e. The Morgan fingerprint density at radius 3 is 2.53 bits per heavy atom. The first kappa shape index (κ1) is 14.3. The molecule has 0 aromatic carbocycles. The summed E-state index contributed by atoms with van der Waals surface area (Å²) in [6.07, 6.45) is 4.33. The van der Waals surface area contributed by atoms with Crippen LogP contribution in [0.4, 0.5) is 0 Å². The molecular formula is C10H19N3OS. The van der Waals surface area contributed by atoms with E-state index < -0.39 is 0 Å². The molecule has 5 heteroatoms. The first-order valence-electron chi connectivity index (χ1n) is 4.83. The molecule has 0 rings (SSSR count). The lowest BCUT2D eigenvalue weighted by Gasteiger charge is -2.27. The number of hydrogen-bond acceptors (Lipinski definition) is 4. The van der Waals surface area contributed by atoms with Crippen LogP contribution in [0.15, 0.2) is 4.99 Å².